The first-order valence-electron chi connectivity index (χ1n) is 6.34. The lowest BCUT2D eigenvalue weighted by atomic mass is 10.3. The van der Waals surface area contributed by atoms with E-state index in [9.17, 15) is 14.4 Å². The third kappa shape index (κ3) is 8.15. The Morgan fingerprint density at radius 1 is 0.895 bits per heavy atom. The molecule has 0 fully saturated rings. The molecule has 1 amide bonds. The summed E-state index contributed by atoms with van der Waals surface area (Å²) in [5.41, 5.74) is 0. The van der Waals surface area contributed by atoms with E-state index in [0.29, 0.717) is 13.1 Å². The molecule has 0 saturated heterocycles. The molecule has 0 aromatic rings. The third-order valence-corrected chi connectivity index (χ3v) is 2.76. The minimum absolute atomic E-state index is 0.0578. The molecule has 7 heteroatoms. The van der Waals surface area contributed by atoms with Crippen LogP contribution in [0.1, 0.15) is 26.7 Å². The van der Waals surface area contributed by atoms with Crippen molar-refractivity contribution in [1.29, 1.82) is 0 Å². The fourth-order valence-electron chi connectivity index (χ4n) is 1.65. The zero-order chi connectivity index (χ0) is 14.8. The maximum atomic E-state index is 11.9. The van der Waals surface area contributed by atoms with E-state index in [1.165, 1.54) is 0 Å². The second kappa shape index (κ2) is 9.32. The van der Waals surface area contributed by atoms with Crippen LogP contribution in [0.4, 0.5) is 0 Å². The Bertz CT molecular complexity index is 297. The van der Waals surface area contributed by atoms with Gasteiger partial charge in [0.15, 0.2) is 0 Å². The zero-order valence-corrected chi connectivity index (χ0v) is 11.5. The summed E-state index contributed by atoms with van der Waals surface area (Å²) < 4.78 is 0. The quantitative estimate of drug-likeness (QED) is 0.586. The summed E-state index contributed by atoms with van der Waals surface area (Å²) in [4.78, 5) is 36.2. The van der Waals surface area contributed by atoms with Crippen LogP contribution in [0.15, 0.2) is 0 Å². The van der Waals surface area contributed by atoms with Gasteiger partial charge < -0.3 is 15.1 Å². The molecule has 0 unspecified atom stereocenters. The van der Waals surface area contributed by atoms with Crippen LogP contribution < -0.4 is 0 Å². The Morgan fingerprint density at radius 2 is 1.32 bits per heavy atom. The van der Waals surface area contributed by atoms with Crippen LogP contribution in [0.2, 0.25) is 0 Å². The molecular formula is C12H22N2O5. The molecule has 110 valence electrons. The van der Waals surface area contributed by atoms with Crippen LogP contribution in [-0.4, -0.2) is 70.6 Å². The monoisotopic (exact) mass is 274 g/mol. The van der Waals surface area contributed by atoms with Crippen molar-refractivity contribution in [2.24, 2.45) is 0 Å². The molecule has 2 N–H and O–H groups in total. The number of carboxylic acid groups (broad SMARTS) is 2. The molecule has 0 aromatic carbocycles. The summed E-state index contributed by atoms with van der Waals surface area (Å²) >= 11 is 0. The van der Waals surface area contributed by atoms with Gasteiger partial charge in [0.2, 0.25) is 5.91 Å². The number of amides is 1. The van der Waals surface area contributed by atoms with Crippen LogP contribution in [0.5, 0.6) is 0 Å². The number of carboxylic acids is 2. The second-order valence-electron chi connectivity index (χ2n) is 4.13. The molecule has 0 bridgehead atoms. The van der Waals surface area contributed by atoms with Gasteiger partial charge in [0.25, 0.3) is 0 Å². The smallest absolute Gasteiger partial charge is 0.304 e. The standard InChI is InChI=1S/C12H22N2O5/c1-3-14(4-2)10(15)9-13(7-5-11(16)17)8-6-12(18)19/h3-9H2,1-2H3,(H,16,17)(H,18,19). The van der Waals surface area contributed by atoms with Crippen LogP contribution >= 0.6 is 0 Å². The van der Waals surface area contributed by atoms with E-state index in [2.05, 4.69) is 0 Å². The number of rotatable bonds is 10. The van der Waals surface area contributed by atoms with Crippen molar-refractivity contribution in [3.8, 4) is 0 Å². The van der Waals surface area contributed by atoms with Crippen molar-refractivity contribution in [2.75, 3.05) is 32.7 Å². The largest absolute Gasteiger partial charge is 0.481 e. The highest BCUT2D eigenvalue weighted by molar-refractivity contribution is 5.78. The predicted molar refractivity (Wildman–Crippen MR) is 68.9 cm³/mol. The van der Waals surface area contributed by atoms with Crippen molar-refractivity contribution in [1.82, 2.24) is 9.80 Å². The van der Waals surface area contributed by atoms with Crippen LogP contribution in [0.25, 0.3) is 0 Å². The Hall–Kier alpha value is -1.63. The van der Waals surface area contributed by atoms with Crippen molar-refractivity contribution in [2.45, 2.75) is 26.7 Å². The van der Waals surface area contributed by atoms with Gasteiger partial charge in [-0.05, 0) is 13.8 Å². The van der Waals surface area contributed by atoms with E-state index in [1.807, 2.05) is 13.8 Å². The van der Waals surface area contributed by atoms with Crippen molar-refractivity contribution < 1.29 is 24.6 Å². The summed E-state index contributed by atoms with van der Waals surface area (Å²) in [5, 5.41) is 17.3. The number of hydrogen-bond acceptors (Lipinski definition) is 4. The van der Waals surface area contributed by atoms with Crippen LogP contribution in [0, 0.1) is 0 Å². The van der Waals surface area contributed by atoms with Gasteiger partial charge in [-0.15, -0.1) is 0 Å². The van der Waals surface area contributed by atoms with E-state index in [0.717, 1.165) is 0 Å². The van der Waals surface area contributed by atoms with E-state index in [4.69, 9.17) is 10.2 Å². The summed E-state index contributed by atoms with van der Waals surface area (Å²) in [6, 6.07) is 0. The van der Waals surface area contributed by atoms with Gasteiger partial charge in [-0.25, -0.2) is 0 Å². The van der Waals surface area contributed by atoms with Crippen LogP contribution in [0.3, 0.4) is 0 Å². The first-order valence-corrected chi connectivity index (χ1v) is 6.34. The van der Waals surface area contributed by atoms with Gasteiger partial charge in [-0.3, -0.25) is 19.3 Å². The fourth-order valence-corrected chi connectivity index (χ4v) is 1.65. The maximum absolute atomic E-state index is 11.9. The zero-order valence-electron chi connectivity index (χ0n) is 11.5. The minimum Gasteiger partial charge on any atom is -0.481 e. The maximum Gasteiger partial charge on any atom is 0.304 e. The highest BCUT2D eigenvalue weighted by Gasteiger charge is 2.16. The van der Waals surface area contributed by atoms with Gasteiger partial charge >= 0.3 is 11.9 Å². The number of nitrogens with zero attached hydrogens (tertiary/aromatic N) is 2. The van der Waals surface area contributed by atoms with E-state index < -0.39 is 11.9 Å². The van der Waals surface area contributed by atoms with Crippen LogP contribution in [-0.2, 0) is 14.4 Å². The lowest BCUT2D eigenvalue weighted by Gasteiger charge is -2.25. The average Bonchev–Trinajstić information content (AvgIpc) is 2.33. The molecule has 0 radical (unpaired) electrons. The summed E-state index contributed by atoms with van der Waals surface area (Å²) in [6.45, 7) is 5.30. The Morgan fingerprint density at radius 3 is 1.63 bits per heavy atom. The molecule has 0 aliphatic rings. The summed E-state index contributed by atoms with van der Waals surface area (Å²) in [6.07, 6.45) is -0.212. The second-order valence-corrected chi connectivity index (χ2v) is 4.13. The number of aliphatic carboxylic acids is 2. The molecule has 0 rings (SSSR count). The van der Waals surface area contributed by atoms with Gasteiger partial charge in [0, 0.05) is 26.2 Å². The lowest BCUT2D eigenvalue weighted by Crippen LogP contribution is -2.41. The number of likely N-dealkylation sites (N-methyl/N-ethyl adjacent to an activating group) is 1. The summed E-state index contributed by atoms with van der Waals surface area (Å²) in [7, 11) is 0. The molecule has 0 aromatic heterocycles. The van der Waals surface area contributed by atoms with Gasteiger partial charge in [0.05, 0.1) is 19.4 Å². The molecule has 7 nitrogen and oxygen atoms in total. The predicted octanol–water partition coefficient (Wildman–Crippen LogP) is 0.106. The number of carbonyl (C=O) groups excluding carboxylic acids is 1. The third-order valence-electron chi connectivity index (χ3n) is 2.76. The van der Waals surface area contributed by atoms with Gasteiger partial charge in [0.1, 0.15) is 0 Å². The summed E-state index contributed by atoms with van der Waals surface area (Å²) in [5.74, 6) is -2.04. The number of hydrogen-bond donors (Lipinski definition) is 2. The minimum atomic E-state index is -0.962. The van der Waals surface area contributed by atoms with Crippen molar-refractivity contribution in [3.05, 3.63) is 0 Å². The number of carbonyl (C=O) groups is 3. The Balaban J connectivity index is 4.41. The SMILES string of the molecule is CCN(CC)C(=O)CN(CCC(=O)O)CCC(=O)O. The van der Waals surface area contributed by atoms with Gasteiger partial charge in [-0.1, -0.05) is 0 Å². The van der Waals surface area contributed by atoms with E-state index >= 15 is 0 Å². The molecule has 0 atom stereocenters. The molecular weight excluding hydrogens is 252 g/mol. The average molecular weight is 274 g/mol. The van der Waals surface area contributed by atoms with E-state index in [1.54, 1.807) is 9.80 Å². The normalized spacial score (nSPS) is 10.5. The highest BCUT2D eigenvalue weighted by Crippen LogP contribution is 1.99. The van der Waals surface area contributed by atoms with E-state index in [-0.39, 0.29) is 38.4 Å². The first-order chi connectivity index (χ1) is 8.90. The Labute approximate surface area is 112 Å². The van der Waals surface area contributed by atoms with Crippen molar-refractivity contribution >= 4 is 17.8 Å². The first kappa shape index (κ1) is 17.4. The molecule has 19 heavy (non-hydrogen) atoms. The Kier molecular flexibility index (Phi) is 8.52. The highest BCUT2D eigenvalue weighted by atomic mass is 16.4. The topological polar surface area (TPSA) is 98.2 Å². The lowest BCUT2D eigenvalue weighted by molar-refractivity contribution is -0.139. The molecule has 0 heterocycles. The fraction of sp³-hybridized carbons (Fsp3) is 0.750. The molecule has 0 aliphatic heterocycles. The van der Waals surface area contributed by atoms with Gasteiger partial charge in [-0.2, -0.15) is 0 Å². The molecule has 0 aliphatic carbocycles. The molecule has 0 saturated carbocycles. The van der Waals surface area contributed by atoms with Crippen molar-refractivity contribution in [3.63, 3.8) is 0 Å². The molecule has 0 spiro atoms.